The predicted octanol–water partition coefficient (Wildman–Crippen LogP) is 2.63. The van der Waals surface area contributed by atoms with Crippen LogP contribution in [0.25, 0.3) is 10.9 Å². The van der Waals surface area contributed by atoms with Crippen LogP contribution in [0.5, 0.6) is 0 Å². The summed E-state index contributed by atoms with van der Waals surface area (Å²) in [7, 11) is 0. The van der Waals surface area contributed by atoms with Crippen molar-refractivity contribution in [3.63, 3.8) is 0 Å². The number of hydrogen-bond donors (Lipinski definition) is 2. The molecule has 106 valence electrons. The van der Waals surface area contributed by atoms with Crippen molar-refractivity contribution in [2.45, 2.75) is 20.0 Å². The summed E-state index contributed by atoms with van der Waals surface area (Å²) in [5, 5.41) is 13.7. The smallest absolute Gasteiger partial charge is 0.270 e. The average Bonchev–Trinajstić information content (AvgIpc) is 2.44. The van der Waals surface area contributed by atoms with E-state index < -0.39 is 6.10 Å². The van der Waals surface area contributed by atoms with Gasteiger partial charge in [0.15, 0.2) is 0 Å². The van der Waals surface area contributed by atoms with Gasteiger partial charge in [0.25, 0.3) is 5.91 Å². The van der Waals surface area contributed by atoms with Gasteiger partial charge in [-0.1, -0.05) is 43.6 Å². The second-order valence-electron chi connectivity index (χ2n) is 5.03. The molecule has 2 aromatic rings. The molecule has 0 saturated carbocycles. The molecule has 2 rings (SSSR count). The van der Waals surface area contributed by atoms with Crippen molar-refractivity contribution in [1.29, 1.82) is 0 Å². The molecule has 0 bridgehead atoms. The Kier molecular flexibility index (Phi) is 4.57. The van der Waals surface area contributed by atoms with Crippen LogP contribution in [0, 0.1) is 5.92 Å². The molecule has 5 heteroatoms. The number of aliphatic hydroxyl groups is 1. The SMILES string of the molecule is CC(C)C(O)CNC(=O)c1cc(Cl)c2ccccc2n1. The molecular formula is C15H17ClN2O2. The monoisotopic (exact) mass is 292 g/mol. The van der Waals surface area contributed by atoms with Gasteiger partial charge in [-0.05, 0) is 18.1 Å². The molecular weight excluding hydrogens is 276 g/mol. The fraction of sp³-hybridized carbons (Fsp3) is 0.333. The highest BCUT2D eigenvalue weighted by molar-refractivity contribution is 6.35. The minimum absolute atomic E-state index is 0.0865. The van der Waals surface area contributed by atoms with E-state index in [1.54, 1.807) is 12.1 Å². The molecule has 1 amide bonds. The third kappa shape index (κ3) is 3.26. The number of rotatable bonds is 4. The number of hydrogen-bond acceptors (Lipinski definition) is 3. The Morgan fingerprint density at radius 3 is 2.80 bits per heavy atom. The fourth-order valence-corrected chi connectivity index (χ4v) is 2.04. The third-order valence-electron chi connectivity index (χ3n) is 3.14. The van der Waals surface area contributed by atoms with E-state index in [4.69, 9.17) is 11.6 Å². The summed E-state index contributed by atoms with van der Waals surface area (Å²) >= 11 is 6.15. The maximum atomic E-state index is 12.0. The van der Waals surface area contributed by atoms with Crippen molar-refractivity contribution in [2.75, 3.05) is 6.54 Å². The second kappa shape index (κ2) is 6.20. The van der Waals surface area contributed by atoms with Gasteiger partial charge in [0.1, 0.15) is 5.69 Å². The summed E-state index contributed by atoms with van der Waals surface area (Å²) in [5.41, 5.74) is 0.930. The summed E-state index contributed by atoms with van der Waals surface area (Å²) in [6.45, 7) is 3.98. The Hall–Kier alpha value is -1.65. The van der Waals surface area contributed by atoms with Crippen LogP contribution < -0.4 is 5.32 Å². The summed E-state index contributed by atoms with van der Waals surface area (Å²) < 4.78 is 0. The van der Waals surface area contributed by atoms with Crippen LogP contribution in [-0.4, -0.2) is 28.6 Å². The van der Waals surface area contributed by atoms with Gasteiger partial charge < -0.3 is 10.4 Å². The molecule has 4 nitrogen and oxygen atoms in total. The number of fused-ring (bicyclic) bond motifs is 1. The summed E-state index contributed by atoms with van der Waals surface area (Å²) in [4.78, 5) is 16.3. The van der Waals surface area contributed by atoms with Crippen LogP contribution in [0.3, 0.4) is 0 Å². The molecule has 0 aliphatic heterocycles. The maximum Gasteiger partial charge on any atom is 0.270 e. The van der Waals surface area contributed by atoms with E-state index in [1.807, 2.05) is 32.0 Å². The van der Waals surface area contributed by atoms with Crippen LogP contribution in [0.4, 0.5) is 0 Å². The first-order valence-electron chi connectivity index (χ1n) is 6.50. The number of aliphatic hydroxyl groups excluding tert-OH is 1. The van der Waals surface area contributed by atoms with Crippen molar-refractivity contribution in [1.82, 2.24) is 10.3 Å². The summed E-state index contributed by atoms with van der Waals surface area (Å²) in [6.07, 6.45) is -0.574. The minimum atomic E-state index is -0.574. The summed E-state index contributed by atoms with van der Waals surface area (Å²) in [5.74, 6) is -0.249. The lowest BCUT2D eigenvalue weighted by atomic mass is 10.1. The van der Waals surface area contributed by atoms with Crippen molar-refractivity contribution < 1.29 is 9.90 Å². The second-order valence-corrected chi connectivity index (χ2v) is 5.44. The number of nitrogens with zero attached hydrogens (tertiary/aromatic N) is 1. The fourth-order valence-electron chi connectivity index (χ4n) is 1.77. The van der Waals surface area contributed by atoms with E-state index in [1.165, 1.54) is 0 Å². The van der Waals surface area contributed by atoms with Gasteiger partial charge in [0.2, 0.25) is 0 Å². The zero-order valence-corrected chi connectivity index (χ0v) is 12.2. The first-order chi connectivity index (χ1) is 9.49. The van der Waals surface area contributed by atoms with Crippen LogP contribution >= 0.6 is 11.6 Å². The Balaban J connectivity index is 2.18. The number of carbonyl (C=O) groups excluding carboxylic acids is 1. The largest absolute Gasteiger partial charge is 0.391 e. The summed E-state index contributed by atoms with van der Waals surface area (Å²) in [6, 6.07) is 8.92. The molecule has 1 atom stereocenters. The van der Waals surface area contributed by atoms with Gasteiger partial charge in [-0.15, -0.1) is 0 Å². The van der Waals surface area contributed by atoms with Gasteiger partial charge in [0.05, 0.1) is 16.6 Å². The van der Waals surface area contributed by atoms with E-state index in [-0.39, 0.29) is 24.1 Å². The average molecular weight is 293 g/mol. The Labute approximate surface area is 122 Å². The zero-order valence-electron chi connectivity index (χ0n) is 11.4. The molecule has 1 aromatic heterocycles. The molecule has 1 unspecified atom stereocenters. The maximum absolute atomic E-state index is 12.0. The quantitative estimate of drug-likeness (QED) is 0.910. The van der Waals surface area contributed by atoms with Gasteiger partial charge in [-0.3, -0.25) is 4.79 Å². The standard InChI is InChI=1S/C15H17ClN2O2/c1-9(2)14(19)8-17-15(20)13-7-11(16)10-5-3-4-6-12(10)18-13/h3-7,9,14,19H,8H2,1-2H3,(H,17,20). The molecule has 20 heavy (non-hydrogen) atoms. The lowest BCUT2D eigenvalue weighted by Gasteiger charge is -2.15. The zero-order chi connectivity index (χ0) is 14.7. The van der Waals surface area contributed by atoms with Crippen molar-refractivity contribution >= 4 is 28.4 Å². The number of halogens is 1. The number of aromatic nitrogens is 1. The van der Waals surface area contributed by atoms with E-state index >= 15 is 0 Å². The third-order valence-corrected chi connectivity index (χ3v) is 3.45. The van der Waals surface area contributed by atoms with E-state index in [0.717, 1.165) is 5.39 Å². The highest BCUT2D eigenvalue weighted by Gasteiger charge is 2.14. The van der Waals surface area contributed by atoms with Gasteiger partial charge in [-0.25, -0.2) is 4.98 Å². The van der Waals surface area contributed by atoms with E-state index in [2.05, 4.69) is 10.3 Å². The predicted molar refractivity (Wildman–Crippen MR) is 79.9 cm³/mol. The molecule has 1 aromatic carbocycles. The number of amides is 1. The van der Waals surface area contributed by atoms with Gasteiger partial charge in [0, 0.05) is 11.9 Å². The van der Waals surface area contributed by atoms with Crippen LogP contribution in [0.1, 0.15) is 24.3 Å². The molecule has 0 saturated heterocycles. The molecule has 0 spiro atoms. The molecule has 2 N–H and O–H groups in total. The highest BCUT2D eigenvalue weighted by atomic mass is 35.5. The molecule has 0 aliphatic carbocycles. The number of carbonyl (C=O) groups is 1. The Morgan fingerprint density at radius 2 is 2.10 bits per heavy atom. The highest BCUT2D eigenvalue weighted by Crippen LogP contribution is 2.22. The lowest BCUT2D eigenvalue weighted by Crippen LogP contribution is -2.35. The van der Waals surface area contributed by atoms with Crippen LogP contribution in [0.15, 0.2) is 30.3 Å². The Bertz CT molecular complexity index is 628. The number of benzene rings is 1. The van der Waals surface area contributed by atoms with Gasteiger partial charge >= 0.3 is 0 Å². The number of nitrogens with one attached hydrogen (secondary N) is 1. The number of para-hydroxylation sites is 1. The molecule has 0 fully saturated rings. The topological polar surface area (TPSA) is 62.2 Å². The molecule has 0 radical (unpaired) electrons. The molecule has 0 aliphatic rings. The van der Waals surface area contributed by atoms with E-state index in [0.29, 0.717) is 10.5 Å². The first-order valence-corrected chi connectivity index (χ1v) is 6.88. The van der Waals surface area contributed by atoms with Crippen LogP contribution in [-0.2, 0) is 0 Å². The first kappa shape index (κ1) is 14.8. The van der Waals surface area contributed by atoms with Crippen molar-refractivity contribution in [2.24, 2.45) is 5.92 Å². The van der Waals surface area contributed by atoms with Crippen molar-refractivity contribution in [3.8, 4) is 0 Å². The minimum Gasteiger partial charge on any atom is -0.391 e. The number of pyridine rings is 1. The molecule has 1 heterocycles. The lowest BCUT2D eigenvalue weighted by molar-refractivity contribution is 0.0867. The van der Waals surface area contributed by atoms with Crippen LogP contribution in [0.2, 0.25) is 5.02 Å². The van der Waals surface area contributed by atoms with Gasteiger partial charge in [-0.2, -0.15) is 0 Å². The van der Waals surface area contributed by atoms with E-state index in [9.17, 15) is 9.90 Å². The van der Waals surface area contributed by atoms with Crippen molar-refractivity contribution in [3.05, 3.63) is 41.0 Å². The normalized spacial score (nSPS) is 12.7. The Morgan fingerprint density at radius 1 is 1.40 bits per heavy atom.